The summed E-state index contributed by atoms with van der Waals surface area (Å²) in [5.41, 5.74) is 14.7. The number of thiophene rings is 1. The molecule has 0 aliphatic heterocycles. The van der Waals surface area contributed by atoms with Gasteiger partial charge in [0.05, 0.1) is 16.1 Å². The molecule has 94 valence electrons. The van der Waals surface area contributed by atoms with E-state index in [0.29, 0.717) is 22.8 Å². The van der Waals surface area contributed by atoms with Crippen molar-refractivity contribution in [2.24, 2.45) is 0 Å². The van der Waals surface area contributed by atoms with Crippen molar-refractivity contribution in [3.63, 3.8) is 0 Å². The first-order chi connectivity index (χ1) is 9.25. The van der Waals surface area contributed by atoms with Crippen LogP contribution in [0, 0.1) is 0 Å². The van der Waals surface area contributed by atoms with E-state index < -0.39 is 0 Å². The fraction of sp³-hybridized carbons (Fsp3) is 0. The topological polar surface area (TPSA) is 77.8 Å². The summed E-state index contributed by atoms with van der Waals surface area (Å²) in [5.74, 6) is 0.557. The standard InChI is InChI=1S/C14H12N4S/c15-9-3-1-4-10(16)13(9)14-17-7-6-11(18-14)12-5-2-8-19-12/h1-8H,15-16H2. The predicted molar refractivity (Wildman–Crippen MR) is 79.6 cm³/mol. The van der Waals surface area contributed by atoms with E-state index in [9.17, 15) is 0 Å². The molecule has 1 aromatic carbocycles. The number of nitrogens with zero attached hydrogens (tertiary/aromatic N) is 2. The van der Waals surface area contributed by atoms with Crippen LogP contribution >= 0.6 is 11.3 Å². The average molecular weight is 268 g/mol. The third-order valence-electron chi connectivity index (χ3n) is 2.78. The average Bonchev–Trinajstić information content (AvgIpc) is 2.93. The van der Waals surface area contributed by atoms with E-state index >= 15 is 0 Å². The largest absolute Gasteiger partial charge is 0.398 e. The van der Waals surface area contributed by atoms with Crippen molar-refractivity contribution in [3.05, 3.63) is 48.0 Å². The number of nitrogen functional groups attached to an aromatic ring is 2. The van der Waals surface area contributed by atoms with Gasteiger partial charge in [-0.1, -0.05) is 12.1 Å². The van der Waals surface area contributed by atoms with Gasteiger partial charge in [0.15, 0.2) is 5.82 Å². The number of anilines is 2. The van der Waals surface area contributed by atoms with Crippen molar-refractivity contribution in [2.75, 3.05) is 11.5 Å². The second-order valence-electron chi connectivity index (χ2n) is 4.05. The number of hydrogen-bond acceptors (Lipinski definition) is 5. The minimum absolute atomic E-state index is 0.557. The van der Waals surface area contributed by atoms with Crippen LogP contribution in [0.4, 0.5) is 11.4 Å². The van der Waals surface area contributed by atoms with Gasteiger partial charge in [-0.2, -0.15) is 0 Å². The summed E-state index contributed by atoms with van der Waals surface area (Å²) < 4.78 is 0. The lowest BCUT2D eigenvalue weighted by molar-refractivity contribution is 1.19. The summed E-state index contributed by atoms with van der Waals surface area (Å²) >= 11 is 1.64. The lowest BCUT2D eigenvalue weighted by atomic mass is 10.1. The van der Waals surface area contributed by atoms with E-state index in [0.717, 1.165) is 10.6 Å². The molecule has 0 unspecified atom stereocenters. The van der Waals surface area contributed by atoms with E-state index in [2.05, 4.69) is 9.97 Å². The van der Waals surface area contributed by atoms with Gasteiger partial charge in [-0.25, -0.2) is 9.97 Å². The molecule has 0 aliphatic carbocycles. The first-order valence-corrected chi connectivity index (χ1v) is 6.65. The van der Waals surface area contributed by atoms with Crippen LogP contribution in [0.1, 0.15) is 0 Å². The molecule has 0 amide bonds. The summed E-state index contributed by atoms with van der Waals surface area (Å²) in [4.78, 5) is 9.92. The van der Waals surface area contributed by atoms with E-state index in [4.69, 9.17) is 11.5 Å². The number of nitrogens with two attached hydrogens (primary N) is 2. The van der Waals surface area contributed by atoms with Crippen LogP contribution in [0.5, 0.6) is 0 Å². The van der Waals surface area contributed by atoms with Gasteiger partial charge >= 0.3 is 0 Å². The molecule has 3 aromatic rings. The Balaban J connectivity index is 2.14. The second-order valence-corrected chi connectivity index (χ2v) is 5.00. The Labute approximate surface area is 114 Å². The van der Waals surface area contributed by atoms with Crippen molar-refractivity contribution in [1.82, 2.24) is 9.97 Å². The van der Waals surface area contributed by atoms with E-state index in [1.54, 1.807) is 29.7 Å². The van der Waals surface area contributed by atoms with Crippen LogP contribution < -0.4 is 11.5 Å². The molecule has 0 bridgehead atoms. The monoisotopic (exact) mass is 268 g/mol. The Kier molecular flexibility index (Phi) is 2.89. The maximum Gasteiger partial charge on any atom is 0.163 e. The highest BCUT2D eigenvalue weighted by atomic mass is 32.1. The van der Waals surface area contributed by atoms with Crippen LogP contribution in [0.15, 0.2) is 48.0 Å². The van der Waals surface area contributed by atoms with Crippen molar-refractivity contribution in [2.45, 2.75) is 0 Å². The quantitative estimate of drug-likeness (QED) is 0.700. The van der Waals surface area contributed by atoms with Gasteiger partial charge in [0.2, 0.25) is 0 Å². The first kappa shape index (κ1) is 11.7. The third-order valence-corrected chi connectivity index (χ3v) is 3.67. The van der Waals surface area contributed by atoms with E-state index in [1.807, 2.05) is 29.6 Å². The Bertz CT molecular complexity index is 687. The zero-order valence-electron chi connectivity index (χ0n) is 10.1. The minimum atomic E-state index is 0.557. The molecule has 0 saturated heterocycles. The molecule has 0 atom stereocenters. The first-order valence-electron chi connectivity index (χ1n) is 5.77. The summed E-state index contributed by atoms with van der Waals surface area (Å²) in [7, 11) is 0. The molecule has 0 aliphatic rings. The molecule has 2 heterocycles. The van der Waals surface area contributed by atoms with Crippen molar-refractivity contribution >= 4 is 22.7 Å². The zero-order valence-corrected chi connectivity index (χ0v) is 10.9. The molecule has 0 saturated carbocycles. The van der Waals surface area contributed by atoms with Crippen molar-refractivity contribution in [3.8, 4) is 22.0 Å². The molecular formula is C14H12N4S. The SMILES string of the molecule is Nc1cccc(N)c1-c1nccc(-c2cccs2)n1. The Hall–Kier alpha value is -2.40. The summed E-state index contributed by atoms with van der Waals surface area (Å²) in [5, 5.41) is 2.02. The molecular weight excluding hydrogens is 256 g/mol. The lowest BCUT2D eigenvalue weighted by Gasteiger charge is -2.08. The van der Waals surface area contributed by atoms with Crippen molar-refractivity contribution < 1.29 is 0 Å². The second kappa shape index (κ2) is 4.70. The fourth-order valence-corrected chi connectivity index (χ4v) is 2.58. The highest BCUT2D eigenvalue weighted by molar-refractivity contribution is 7.13. The van der Waals surface area contributed by atoms with Crippen molar-refractivity contribution in [1.29, 1.82) is 0 Å². The van der Waals surface area contributed by atoms with Crippen LogP contribution in [-0.2, 0) is 0 Å². The Morgan fingerprint density at radius 2 is 1.74 bits per heavy atom. The molecule has 19 heavy (non-hydrogen) atoms. The number of hydrogen-bond donors (Lipinski definition) is 2. The molecule has 2 aromatic heterocycles. The smallest absolute Gasteiger partial charge is 0.163 e. The molecule has 5 heteroatoms. The van der Waals surface area contributed by atoms with Crippen LogP contribution in [-0.4, -0.2) is 9.97 Å². The Morgan fingerprint density at radius 3 is 2.42 bits per heavy atom. The lowest BCUT2D eigenvalue weighted by Crippen LogP contribution is -1.99. The molecule has 0 fully saturated rings. The van der Waals surface area contributed by atoms with Gasteiger partial charge in [0.1, 0.15) is 0 Å². The summed E-state index contributed by atoms with van der Waals surface area (Å²) in [6, 6.07) is 11.3. The van der Waals surface area contributed by atoms with Gasteiger partial charge in [0.25, 0.3) is 0 Å². The van der Waals surface area contributed by atoms with Crippen LogP contribution in [0.3, 0.4) is 0 Å². The molecule has 3 rings (SSSR count). The number of rotatable bonds is 2. The Morgan fingerprint density at radius 1 is 0.947 bits per heavy atom. The van der Waals surface area contributed by atoms with Gasteiger partial charge in [-0.15, -0.1) is 11.3 Å². The van der Waals surface area contributed by atoms with Crippen LogP contribution in [0.2, 0.25) is 0 Å². The van der Waals surface area contributed by atoms with Gasteiger partial charge in [0, 0.05) is 17.6 Å². The van der Waals surface area contributed by atoms with Gasteiger partial charge in [-0.05, 0) is 29.6 Å². The molecule has 0 radical (unpaired) electrons. The van der Waals surface area contributed by atoms with E-state index in [1.165, 1.54) is 0 Å². The van der Waals surface area contributed by atoms with Gasteiger partial charge < -0.3 is 11.5 Å². The molecule has 4 nitrogen and oxygen atoms in total. The summed E-state index contributed by atoms with van der Waals surface area (Å²) in [6.07, 6.45) is 1.73. The highest BCUT2D eigenvalue weighted by Gasteiger charge is 2.11. The van der Waals surface area contributed by atoms with Gasteiger partial charge in [-0.3, -0.25) is 0 Å². The molecule has 4 N–H and O–H groups in total. The van der Waals surface area contributed by atoms with E-state index in [-0.39, 0.29) is 0 Å². The minimum Gasteiger partial charge on any atom is -0.398 e. The third kappa shape index (κ3) is 2.15. The predicted octanol–water partition coefficient (Wildman–Crippen LogP) is 3.04. The zero-order chi connectivity index (χ0) is 13.2. The maximum absolute atomic E-state index is 5.96. The highest BCUT2D eigenvalue weighted by Crippen LogP contribution is 2.30. The fourth-order valence-electron chi connectivity index (χ4n) is 1.89. The maximum atomic E-state index is 5.96. The number of aromatic nitrogens is 2. The number of benzene rings is 1. The van der Waals surface area contributed by atoms with Crippen LogP contribution in [0.25, 0.3) is 22.0 Å². The molecule has 0 spiro atoms. The normalized spacial score (nSPS) is 10.5. The summed E-state index contributed by atoms with van der Waals surface area (Å²) in [6.45, 7) is 0.